The number of likely N-dealkylation sites (tertiary alicyclic amines) is 1. The number of hydrogen-bond acceptors (Lipinski definition) is 5. The van der Waals surface area contributed by atoms with Gasteiger partial charge >= 0.3 is 0 Å². The van der Waals surface area contributed by atoms with Crippen molar-refractivity contribution < 1.29 is 14.3 Å². The Hall–Kier alpha value is -3.19. The second kappa shape index (κ2) is 10.2. The molecule has 0 aliphatic carbocycles. The van der Waals surface area contributed by atoms with Crippen LogP contribution in [0.5, 0.6) is 5.75 Å². The van der Waals surface area contributed by atoms with Gasteiger partial charge in [-0.05, 0) is 36.1 Å². The first-order chi connectivity index (χ1) is 16.0. The van der Waals surface area contributed by atoms with Crippen LogP contribution in [-0.2, 0) is 9.59 Å². The quantitative estimate of drug-likeness (QED) is 0.680. The predicted octanol–water partition coefficient (Wildman–Crippen LogP) is 3.32. The zero-order valence-electron chi connectivity index (χ0n) is 19.6. The molecule has 1 atom stereocenters. The number of hydrogen-bond donors (Lipinski definition) is 0. The minimum absolute atomic E-state index is 0.000113. The number of amides is 2. The van der Waals surface area contributed by atoms with Crippen LogP contribution in [0.15, 0.2) is 59.7 Å². The Morgan fingerprint density at radius 2 is 1.73 bits per heavy atom. The molecule has 0 spiro atoms. The molecule has 4 rings (SSSR count). The van der Waals surface area contributed by atoms with Gasteiger partial charge in [-0.2, -0.15) is 5.10 Å². The number of rotatable bonds is 6. The van der Waals surface area contributed by atoms with Gasteiger partial charge < -0.3 is 9.64 Å². The number of hydrazone groups is 1. The Kier molecular flexibility index (Phi) is 7.08. The normalized spacial score (nSPS) is 19.3. The van der Waals surface area contributed by atoms with Crippen molar-refractivity contribution in [1.29, 1.82) is 0 Å². The fourth-order valence-corrected chi connectivity index (χ4v) is 4.62. The lowest BCUT2D eigenvalue weighted by molar-refractivity contribution is -0.135. The lowest BCUT2D eigenvalue weighted by atomic mass is 9.98. The number of methoxy groups -OCH3 is 1. The van der Waals surface area contributed by atoms with Crippen molar-refractivity contribution >= 4 is 17.5 Å². The third kappa shape index (κ3) is 5.25. The summed E-state index contributed by atoms with van der Waals surface area (Å²) in [5.41, 5.74) is 3.01. The Morgan fingerprint density at radius 3 is 2.33 bits per heavy atom. The van der Waals surface area contributed by atoms with Crippen LogP contribution in [0.25, 0.3) is 0 Å². The maximum Gasteiger partial charge on any atom is 0.257 e. The molecule has 1 saturated heterocycles. The Labute approximate surface area is 195 Å². The van der Waals surface area contributed by atoms with E-state index in [1.807, 2.05) is 66.5 Å². The number of benzene rings is 2. The highest BCUT2D eigenvalue weighted by molar-refractivity contribution is 6.03. The molecule has 2 aromatic carbocycles. The van der Waals surface area contributed by atoms with Crippen LogP contribution in [0.3, 0.4) is 0 Å². The van der Waals surface area contributed by atoms with E-state index in [1.165, 1.54) is 0 Å². The van der Waals surface area contributed by atoms with Crippen LogP contribution in [-0.4, -0.2) is 72.2 Å². The van der Waals surface area contributed by atoms with Crippen LogP contribution in [0, 0.1) is 0 Å². The van der Waals surface area contributed by atoms with Crippen LogP contribution in [0.4, 0.5) is 0 Å². The van der Waals surface area contributed by atoms with Gasteiger partial charge in [0.2, 0.25) is 5.91 Å². The third-order valence-corrected chi connectivity index (χ3v) is 6.73. The zero-order valence-corrected chi connectivity index (χ0v) is 19.6. The number of carbonyl (C=O) groups excluding carboxylic acids is 2. The van der Waals surface area contributed by atoms with Crippen molar-refractivity contribution in [2.75, 3.05) is 33.8 Å². The molecule has 2 heterocycles. The fourth-order valence-electron chi connectivity index (χ4n) is 4.62. The van der Waals surface area contributed by atoms with Gasteiger partial charge in [-0.25, -0.2) is 5.01 Å². The first-order valence-electron chi connectivity index (χ1n) is 11.5. The highest BCUT2D eigenvalue weighted by Crippen LogP contribution is 2.34. The summed E-state index contributed by atoms with van der Waals surface area (Å²) in [6.07, 6.45) is 2.43. The summed E-state index contributed by atoms with van der Waals surface area (Å²) in [5.74, 6) is 0.879. The molecular formula is C26H32N4O3. The van der Waals surface area contributed by atoms with Gasteiger partial charge in [0.25, 0.3) is 5.91 Å². The lowest BCUT2D eigenvalue weighted by Gasteiger charge is -2.36. The zero-order chi connectivity index (χ0) is 23.4. The first-order valence-corrected chi connectivity index (χ1v) is 11.5. The highest BCUT2D eigenvalue weighted by Gasteiger charge is 2.34. The van der Waals surface area contributed by atoms with Gasteiger partial charge in [0.05, 0.1) is 25.4 Å². The molecule has 1 unspecified atom stereocenters. The molecule has 174 valence electrons. The summed E-state index contributed by atoms with van der Waals surface area (Å²) in [4.78, 5) is 29.1. The number of ether oxygens (including phenoxy) is 1. The summed E-state index contributed by atoms with van der Waals surface area (Å²) in [7, 11) is 3.51. The average Bonchev–Trinajstić information content (AvgIpc) is 3.30. The largest absolute Gasteiger partial charge is 0.497 e. The molecule has 2 aliphatic rings. The molecule has 2 aliphatic heterocycles. The van der Waals surface area contributed by atoms with E-state index in [9.17, 15) is 9.59 Å². The SMILES string of the molecule is COc1ccc(C2CC(c3ccccc3)=NN2C(=O)CN2CCC(N(C)C(C)=O)CC2)cc1. The molecule has 7 heteroatoms. The Balaban J connectivity index is 1.48. The monoisotopic (exact) mass is 448 g/mol. The molecule has 33 heavy (non-hydrogen) atoms. The maximum atomic E-state index is 13.4. The van der Waals surface area contributed by atoms with Crippen LogP contribution < -0.4 is 4.74 Å². The molecule has 1 fully saturated rings. The van der Waals surface area contributed by atoms with Crippen LogP contribution in [0.1, 0.15) is 43.4 Å². The van der Waals surface area contributed by atoms with Crippen molar-refractivity contribution in [2.24, 2.45) is 5.10 Å². The molecule has 0 aromatic heterocycles. The Morgan fingerprint density at radius 1 is 1.06 bits per heavy atom. The summed E-state index contributed by atoms with van der Waals surface area (Å²) in [6.45, 7) is 3.52. The molecule has 7 nitrogen and oxygen atoms in total. The minimum atomic E-state index is -0.139. The van der Waals surface area contributed by atoms with Gasteiger partial charge in [-0.3, -0.25) is 14.5 Å². The predicted molar refractivity (Wildman–Crippen MR) is 128 cm³/mol. The van der Waals surface area contributed by atoms with Crippen molar-refractivity contribution in [3.63, 3.8) is 0 Å². The summed E-state index contributed by atoms with van der Waals surface area (Å²) < 4.78 is 5.30. The van der Waals surface area contributed by atoms with Crippen LogP contribution in [0.2, 0.25) is 0 Å². The van der Waals surface area contributed by atoms with E-state index in [1.54, 1.807) is 19.0 Å². The number of piperidine rings is 1. The Bertz CT molecular complexity index is 998. The molecule has 2 aromatic rings. The van der Waals surface area contributed by atoms with E-state index >= 15 is 0 Å². The van der Waals surface area contributed by atoms with E-state index in [0.717, 1.165) is 48.5 Å². The molecule has 0 radical (unpaired) electrons. The summed E-state index contributed by atoms with van der Waals surface area (Å²) in [5, 5.41) is 6.44. The maximum absolute atomic E-state index is 13.4. The highest BCUT2D eigenvalue weighted by atomic mass is 16.5. The van der Waals surface area contributed by atoms with E-state index in [-0.39, 0.29) is 23.9 Å². The number of carbonyl (C=O) groups is 2. The van der Waals surface area contributed by atoms with Crippen LogP contribution >= 0.6 is 0 Å². The smallest absolute Gasteiger partial charge is 0.257 e. The third-order valence-electron chi connectivity index (χ3n) is 6.73. The molecule has 0 bridgehead atoms. The van der Waals surface area contributed by atoms with Gasteiger partial charge in [0.15, 0.2) is 0 Å². The molecular weight excluding hydrogens is 416 g/mol. The van der Waals surface area contributed by atoms with Gasteiger partial charge in [-0.1, -0.05) is 42.5 Å². The van der Waals surface area contributed by atoms with E-state index in [2.05, 4.69) is 4.90 Å². The molecule has 0 saturated carbocycles. The van der Waals surface area contributed by atoms with Gasteiger partial charge in [0, 0.05) is 39.5 Å². The van der Waals surface area contributed by atoms with Crippen molar-refractivity contribution in [1.82, 2.24) is 14.8 Å². The number of nitrogens with zero attached hydrogens (tertiary/aromatic N) is 4. The average molecular weight is 449 g/mol. The fraction of sp³-hybridized carbons (Fsp3) is 0.423. The minimum Gasteiger partial charge on any atom is -0.497 e. The standard InChI is InChI=1S/C26H32N4O3/c1-19(31)28(2)22-13-15-29(16-14-22)18-26(32)30-25(21-9-11-23(33-3)12-10-21)17-24(27-30)20-7-5-4-6-8-20/h4-12,22,25H,13-18H2,1-3H3. The summed E-state index contributed by atoms with van der Waals surface area (Å²) in [6, 6.07) is 18.0. The van der Waals surface area contributed by atoms with E-state index in [4.69, 9.17) is 9.84 Å². The van der Waals surface area contributed by atoms with Crippen molar-refractivity contribution in [2.45, 2.75) is 38.3 Å². The molecule has 2 amide bonds. The van der Waals surface area contributed by atoms with Gasteiger partial charge in [0.1, 0.15) is 5.75 Å². The second-order valence-corrected chi connectivity index (χ2v) is 8.78. The topological polar surface area (TPSA) is 65.5 Å². The molecule has 0 N–H and O–H groups in total. The lowest BCUT2D eigenvalue weighted by Crippen LogP contribution is -2.47. The van der Waals surface area contributed by atoms with E-state index < -0.39 is 0 Å². The second-order valence-electron chi connectivity index (χ2n) is 8.78. The van der Waals surface area contributed by atoms with E-state index in [0.29, 0.717) is 13.0 Å². The van der Waals surface area contributed by atoms with Crippen molar-refractivity contribution in [3.05, 3.63) is 65.7 Å². The first kappa shape index (κ1) is 23.0. The van der Waals surface area contributed by atoms with Crippen molar-refractivity contribution in [3.8, 4) is 5.75 Å². The van der Waals surface area contributed by atoms with Gasteiger partial charge in [-0.15, -0.1) is 0 Å². The summed E-state index contributed by atoms with van der Waals surface area (Å²) >= 11 is 0.